The van der Waals surface area contributed by atoms with E-state index in [1.54, 1.807) is 27.7 Å². The van der Waals surface area contributed by atoms with Crippen LogP contribution >= 0.6 is 7.82 Å². The number of ether oxygens (including phenoxy) is 4. The van der Waals surface area contributed by atoms with Gasteiger partial charge in [0.2, 0.25) is 15.9 Å². The second-order valence-electron chi connectivity index (χ2n) is 25.2. The normalized spacial score (nSPS) is 10.4. The highest BCUT2D eigenvalue weighted by Crippen LogP contribution is 2.35. The number of nitrogens with two attached hydrogens (primary N) is 1. The molecule has 123 heavy (non-hydrogen) atoms. The second-order valence-corrected chi connectivity index (χ2v) is 32.8. The first-order chi connectivity index (χ1) is 56.3. The minimum atomic E-state index is -4.46. The molecule has 1 aliphatic rings. The number of unbranched alkanes of at least 4 members (excludes halogenated alkanes) is 1. The Morgan fingerprint density at radius 3 is 1.01 bits per heavy atom. The van der Waals surface area contributed by atoms with Crippen molar-refractivity contribution < 1.29 is 155 Å². The predicted octanol–water partition coefficient (Wildman–Crippen LogP) is 6.54. The van der Waals surface area contributed by atoms with E-state index in [0.29, 0.717) is 65.2 Å². The number of ketones is 4. The standard InChI is InChI=1S/2C13H15NO4S.C12H20O3.C10H12N2O3S.C10H14O5.C7H13NO.C6H11O6P.C4H3NO2.C2H4.2O3S/c2*1-9(2)13(16)14-11-4-6-12(7-5-11)19(17,18)8-10(3)15;1-4-5-7-11(13)8-6-9-15-12(14)10(2)3;1-7(2)10(13)12-8-3-5-9(6-4-8)16(11,14)15;1-7(2)10(13)15-5-4-14-9(12)6-8(3)11;1-5-6(9)8-7(2,3)4;1-5(2)6(7)11-3-4-12-13(8,9)10;6-3-1-2-4(7)5-3;1-2;2*1-4(2)3/h2*4-7H,1,8H2,2-3H3,(H,14,16);2,4-9H2,1,3H3;3-6H,1H2,2H3,(H,12,13)(H2,11,14,15);1,4-6H2,2-3H3;5H,1H2,2-4H3,(H,8,9);1,3-4H2,2H3,(H2,8,9,10);1-2H,(H,5,6,7);1-2H2;;. The maximum atomic E-state index is 11.8. The Morgan fingerprint density at radius 1 is 0.480 bits per heavy atom. The summed E-state index contributed by atoms with van der Waals surface area (Å²) in [6.07, 6.45) is 7.15. The quantitative estimate of drug-likeness (QED) is 0.00468. The number of amides is 6. The molecule has 3 aromatic carbocycles. The molecule has 0 spiro atoms. The lowest BCUT2D eigenvalue weighted by molar-refractivity contribution is -0.151. The number of hydrogen-bond donors (Lipinski definition) is 8. The summed E-state index contributed by atoms with van der Waals surface area (Å²) in [6.45, 7) is 50.5. The van der Waals surface area contributed by atoms with Gasteiger partial charge < -0.3 is 50.0 Å². The van der Waals surface area contributed by atoms with Crippen molar-refractivity contribution in [2.75, 3.05) is 60.5 Å². The Kier molecular flexibility index (Phi) is 67.4. The molecule has 0 bridgehead atoms. The van der Waals surface area contributed by atoms with Gasteiger partial charge >= 0.3 is 52.9 Å². The molecule has 0 fully saturated rings. The second kappa shape index (κ2) is 66.7. The van der Waals surface area contributed by atoms with E-state index < -0.39 is 99.7 Å². The topological polar surface area (TPSA) is 634 Å². The first-order valence-electron chi connectivity index (χ1n) is 34.8. The van der Waals surface area contributed by atoms with E-state index >= 15 is 0 Å². The summed E-state index contributed by atoms with van der Waals surface area (Å²) in [6, 6.07) is 16.8. The molecule has 0 aromatic heterocycles. The van der Waals surface area contributed by atoms with E-state index in [1.807, 2.05) is 26.1 Å². The molecule has 0 saturated heterocycles. The zero-order chi connectivity index (χ0) is 97.5. The molecule has 4 rings (SSSR count). The number of nitrogens with one attached hydrogen (secondary N) is 5. The van der Waals surface area contributed by atoms with Crippen LogP contribution in [0.15, 0.2) is 198 Å². The van der Waals surface area contributed by atoms with Gasteiger partial charge in [0.25, 0.3) is 29.5 Å². The molecule has 0 radical (unpaired) electrons. The van der Waals surface area contributed by atoms with Crippen LogP contribution in [0.4, 0.5) is 17.1 Å². The van der Waals surface area contributed by atoms with Gasteiger partial charge in [-0.3, -0.25) is 62.6 Å². The smallest absolute Gasteiger partial charge is 0.462 e. The number of imide groups is 1. The minimum Gasteiger partial charge on any atom is -0.462 e. The molecule has 46 heteroatoms. The summed E-state index contributed by atoms with van der Waals surface area (Å²) in [5, 5.41) is 17.3. The van der Waals surface area contributed by atoms with Gasteiger partial charge in [-0.2, -0.15) is 0 Å². The van der Waals surface area contributed by atoms with E-state index in [1.165, 1.54) is 126 Å². The van der Waals surface area contributed by atoms with E-state index in [9.17, 15) is 96.9 Å². The molecule has 0 unspecified atom stereocenters. The molecule has 6 amide bonds. The van der Waals surface area contributed by atoms with Crippen LogP contribution in [0.25, 0.3) is 0 Å². The molecule has 1 heterocycles. The number of rotatable bonds is 33. The van der Waals surface area contributed by atoms with Crippen LogP contribution in [0, 0.1) is 0 Å². The number of benzene rings is 3. The summed E-state index contributed by atoms with van der Waals surface area (Å²) in [4.78, 5) is 168. The summed E-state index contributed by atoms with van der Waals surface area (Å²) < 4.78 is 152. The highest BCUT2D eigenvalue weighted by molar-refractivity contribution is 7.92. The third-order valence-corrected chi connectivity index (χ3v) is 16.9. The third-order valence-electron chi connectivity index (χ3n) is 11.9. The monoisotopic (exact) mass is 1850 g/mol. The van der Waals surface area contributed by atoms with Crippen molar-refractivity contribution in [2.45, 2.75) is 149 Å². The lowest BCUT2D eigenvalue weighted by atomic mass is 10.1. The number of carbonyl (C=O) groups excluding carboxylic acids is 14. The SMILES string of the molecule is C=C.C=C(C)C(=O)Nc1ccc(S(=O)(=O)CC(C)=O)cc1.C=C(C)C(=O)Nc1ccc(S(=O)(=O)CC(C)=O)cc1.C=C(C)C(=O)Nc1ccc(S(N)(=O)=O)cc1.C=C(C)C(=O)OCCCC(=O)CCCC.C=C(C)C(=O)OCCOC(=O)CC(C)=O.C=C(C)C(=O)OCCOP(=O)(O)O.C=CC(=O)NC(C)(C)C.O=C1C=CC(=O)N1.O=S(=O)=O.O=S(=O)=O. The van der Waals surface area contributed by atoms with Crippen molar-refractivity contribution in [1.29, 1.82) is 0 Å². The summed E-state index contributed by atoms with van der Waals surface area (Å²) >= 11 is 0. The highest BCUT2D eigenvalue weighted by Gasteiger charge is 2.20. The number of anilines is 3. The van der Waals surface area contributed by atoms with Gasteiger partial charge in [0.15, 0.2) is 19.7 Å². The van der Waals surface area contributed by atoms with E-state index in [4.69, 9.17) is 44.9 Å². The number of hydrogen-bond acceptors (Lipinski definition) is 32. The van der Waals surface area contributed by atoms with E-state index in [2.05, 4.69) is 106 Å². The van der Waals surface area contributed by atoms with Gasteiger partial charge in [-0.1, -0.05) is 59.4 Å². The van der Waals surface area contributed by atoms with Crippen molar-refractivity contribution in [3.63, 3.8) is 0 Å². The molecule has 1 aliphatic heterocycles. The molecule has 40 nitrogen and oxygen atoms in total. The molecule has 684 valence electrons. The summed E-state index contributed by atoms with van der Waals surface area (Å²) in [7, 11) is -21.6. The third kappa shape index (κ3) is 78.4. The van der Waals surface area contributed by atoms with Crippen LogP contribution in [-0.2, 0) is 146 Å². The fourth-order valence-electron chi connectivity index (χ4n) is 6.55. The van der Waals surface area contributed by atoms with Gasteiger partial charge in [-0.15, -0.1) is 38.4 Å². The maximum Gasteiger partial charge on any atom is 0.469 e. The van der Waals surface area contributed by atoms with E-state index in [0.717, 1.165) is 12.8 Å². The molecule has 0 atom stereocenters. The molecular formula is C77H107N6O34PS5. The molecule has 0 saturated carbocycles. The van der Waals surface area contributed by atoms with Crippen LogP contribution in [0.1, 0.15) is 129 Å². The largest absolute Gasteiger partial charge is 0.469 e. The number of carbonyl (C=O) groups is 14. The van der Waals surface area contributed by atoms with Crippen LogP contribution in [0.5, 0.6) is 0 Å². The number of sulfonamides is 1. The average molecular weight is 1850 g/mol. The van der Waals surface area contributed by atoms with Crippen molar-refractivity contribution in [1.82, 2.24) is 10.6 Å². The lowest BCUT2D eigenvalue weighted by Gasteiger charge is -2.18. The Labute approximate surface area is 718 Å². The molecule has 3 aromatic rings. The zero-order valence-electron chi connectivity index (χ0n) is 70.2. The average Bonchev–Trinajstić information content (AvgIpc) is 1.08. The highest BCUT2D eigenvalue weighted by atomic mass is 32.2. The molecule has 9 N–H and O–H groups in total. The van der Waals surface area contributed by atoms with Gasteiger partial charge in [-0.05, 0) is 175 Å². The van der Waals surface area contributed by atoms with Crippen LogP contribution in [0.3, 0.4) is 0 Å². The first-order valence-corrected chi connectivity index (χ1v) is 43.2. The summed E-state index contributed by atoms with van der Waals surface area (Å²) in [5.41, 5.74) is 3.25. The molecule has 0 aliphatic carbocycles. The number of Topliss-reactive ketones (excluding diaryl/α,β-unsaturated/α-hetero) is 4. The predicted molar refractivity (Wildman–Crippen MR) is 453 cm³/mol. The fraction of sp³-hybridized carbons (Fsp3) is 0.351. The van der Waals surface area contributed by atoms with Gasteiger partial charge in [0.05, 0.1) is 27.9 Å². The number of sulfone groups is 2. The van der Waals surface area contributed by atoms with Crippen molar-refractivity contribution >= 4 is 158 Å². The fourth-order valence-corrected chi connectivity index (χ4v) is 9.88. The number of phosphoric ester groups is 1. The van der Waals surface area contributed by atoms with Crippen molar-refractivity contribution in [2.24, 2.45) is 5.14 Å². The van der Waals surface area contributed by atoms with Crippen LogP contribution in [0.2, 0.25) is 0 Å². The number of primary sulfonamides is 1. The van der Waals surface area contributed by atoms with Crippen LogP contribution in [-0.4, -0.2) is 193 Å². The first kappa shape index (κ1) is 124. The minimum absolute atomic E-state index is 0.000763. The van der Waals surface area contributed by atoms with Crippen molar-refractivity contribution in [3.05, 3.63) is 184 Å². The van der Waals surface area contributed by atoms with Gasteiger partial charge in [0, 0.05) is 81.0 Å². The maximum absolute atomic E-state index is 11.8. The molecular weight excluding hydrogens is 1740 g/mol. The Hall–Kier alpha value is -11.9. The number of phosphoric acid groups is 1. The zero-order valence-corrected chi connectivity index (χ0v) is 75.2. The van der Waals surface area contributed by atoms with Crippen LogP contribution < -0.4 is 31.7 Å². The van der Waals surface area contributed by atoms with Crippen molar-refractivity contribution in [3.8, 4) is 0 Å². The van der Waals surface area contributed by atoms with Gasteiger partial charge in [0.1, 0.15) is 60.9 Å². The Balaban J connectivity index is -0.000000249. The van der Waals surface area contributed by atoms with E-state index in [-0.39, 0.29) is 117 Å². The number of esters is 4. The lowest BCUT2D eigenvalue weighted by Crippen LogP contribution is -2.39. The Bertz CT molecular complexity index is 4730. The Morgan fingerprint density at radius 2 is 0.772 bits per heavy atom. The summed E-state index contributed by atoms with van der Waals surface area (Å²) in [5.74, 6) is -5.80. The van der Waals surface area contributed by atoms with Gasteiger partial charge in [-0.25, -0.2) is 49.3 Å².